The van der Waals surface area contributed by atoms with Gasteiger partial charge >= 0.3 is 6.09 Å². The SMILES string of the molecule is CCNC(=O)C(=O)[C@H](Cc1ccccc1)NC(=O)[C@H](CC(C)C)NC(=O)OC1CCCCC1. The van der Waals surface area contributed by atoms with E-state index in [1.807, 2.05) is 44.2 Å². The first kappa shape index (κ1) is 26.4. The minimum atomic E-state index is -1.04. The molecule has 0 bridgehead atoms. The van der Waals surface area contributed by atoms with Gasteiger partial charge in [0.05, 0.1) is 0 Å². The fourth-order valence-electron chi connectivity index (χ4n) is 3.95. The Hall–Kier alpha value is -2.90. The van der Waals surface area contributed by atoms with E-state index in [-0.39, 0.29) is 18.4 Å². The molecule has 1 aromatic carbocycles. The molecule has 0 aromatic heterocycles. The minimum Gasteiger partial charge on any atom is -0.446 e. The Morgan fingerprint density at radius 1 is 0.970 bits per heavy atom. The number of nitrogens with one attached hydrogen (secondary N) is 3. The van der Waals surface area contributed by atoms with Gasteiger partial charge in [0, 0.05) is 13.0 Å². The lowest BCUT2D eigenvalue weighted by atomic mass is 9.98. The first-order chi connectivity index (χ1) is 15.8. The van der Waals surface area contributed by atoms with Gasteiger partial charge < -0.3 is 20.7 Å². The van der Waals surface area contributed by atoms with Crippen LogP contribution in [0.4, 0.5) is 4.79 Å². The highest BCUT2D eigenvalue weighted by Gasteiger charge is 2.31. The van der Waals surface area contributed by atoms with Crippen LogP contribution in [0.15, 0.2) is 30.3 Å². The Bertz CT molecular complexity index is 790. The van der Waals surface area contributed by atoms with Crippen molar-refractivity contribution in [2.24, 2.45) is 5.92 Å². The number of alkyl carbamates (subject to hydrolysis) is 1. The van der Waals surface area contributed by atoms with E-state index in [9.17, 15) is 19.2 Å². The van der Waals surface area contributed by atoms with Crippen LogP contribution in [0.1, 0.15) is 64.9 Å². The molecule has 0 spiro atoms. The first-order valence-electron chi connectivity index (χ1n) is 11.9. The maximum atomic E-state index is 13.1. The van der Waals surface area contributed by atoms with E-state index < -0.39 is 35.8 Å². The molecule has 1 fully saturated rings. The van der Waals surface area contributed by atoms with Gasteiger partial charge in [-0.15, -0.1) is 0 Å². The van der Waals surface area contributed by atoms with Crippen LogP contribution in [0.25, 0.3) is 0 Å². The standard InChI is InChI=1S/C25H37N3O5/c1-4-26-24(31)22(29)20(16-18-11-7-5-8-12-18)27-23(30)21(15-17(2)3)28-25(32)33-19-13-9-6-10-14-19/h5,7-8,11-12,17,19-21H,4,6,9-10,13-16H2,1-3H3,(H,26,31)(H,27,30)(H,28,32)/t20-,21-/m0/s1. The summed E-state index contributed by atoms with van der Waals surface area (Å²) in [6, 6.07) is 7.25. The second kappa shape index (κ2) is 13.6. The predicted molar refractivity (Wildman–Crippen MR) is 126 cm³/mol. The van der Waals surface area contributed by atoms with Crippen LogP contribution >= 0.6 is 0 Å². The van der Waals surface area contributed by atoms with E-state index in [2.05, 4.69) is 16.0 Å². The lowest BCUT2D eigenvalue weighted by Crippen LogP contribution is -2.55. The van der Waals surface area contributed by atoms with E-state index in [0.717, 1.165) is 37.7 Å². The number of ether oxygens (including phenoxy) is 1. The molecule has 0 radical (unpaired) electrons. The number of rotatable bonds is 11. The van der Waals surface area contributed by atoms with Crippen molar-refractivity contribution in [1.82, 2.24) is 16.0 Å². The lowest BCUT2D eigenvalue weighted by molar-refractivity contribution is -0.140. The number of Topliss-reactive ketones (excluding diaryl/α,β-unsaturated/α-hetero) is 1. The number of carbonyl (C=O) groups is 4. The number of carbonyl (C=O) groups excluding carboxylic acids is 4. The average Bonchev–Trinajstić information content (AvgIpc) is 2.78. The summed E-state index contributed by atoms with van der Waals surface area (Å²) < 4.78 is 5.51. The molecule has 3 amide bonds. The number of likely N-dealkylation sites (N-methyl/N-ethyl adjacent to an activating group) is 1. The zero-order valence-corrected chi connectivity index (χ0v) is 19.9. The maximum absolute atomic E-state index is 13.1. The van der Waals surface area contributed by atoms with E-state index in [1.165, 1.54) is 0 Å². The fraction of sp³-hybridized carbons (Fsp3) is 0.600. The van der Waals surface area contributed by atoms with Gasteiger partial charge in [0.15, 0.2) is 0 Å². The number of hydrogen-bond acceptors (Lipinski definition) is 5. The van der Waals surface area contributed by atoms with Crippen molar-refractivity contribution in [3.8, 4) is 0 Å². The van der Waals surface area contributed by atoms with Crippen LogP contribution in [0.3, 0.4) is 0 Å². The van der Waals surface area contributed by atoms with Crippen LogP contribution in [0.2, 0.25) is 0 Å². The molecule has 3 N–H and O–H groups in total. The third kappa shape index (κ3) is 9.24. The minimum absolute atomic E-state index is 0.113. The van der Waals surface area contributed by atoms with Crippen molar-refractivity contribution < 1.29 is 23.9 Å². The highest BCUT2D eigenvalue weighted by molar-refractivity contribution is 6.38. The van der Waals surface area contributed by atoms with E-state index in [1.54, 1.807) is 6.92 Å². The summed E-state index contributed by atoms with van der Waals surface area (Å²) >= 11 is 0. The topological polar surface area (TPSA) is 114 Å². The molecule has 1 aliphatic carbocycles. The van der Waals surface area contributed by atoms with Gasteiger partial charge in [0.25, 0.3) is 5.91 Å². The Morgan fingerprint density at radius 3 is 2.24 bits per heavy atom. The molecule has 1 aromatic rings. The van der Waals surface area contributed by atoms with Crippen molar-refractivity contribution in [1.29, 1.82) is 0 Å². The van der Waals surface area contributed by atoms with Crippen LogP contribution < -0.4 is 16.0 Å². The highest BCUT2D eigenvalue weighted by Crippen LogP contribution is 2.20. The zero-order chi connectivity index (χ0) is 24.2. The van der Waals surface area contributed by atoms with Crippen molar-refractivity contribution in [3.05, 3.63) is 35.9 Å². The molecule has 8 heteroatoms. The smallest absolute Gasteiger partial charge is 0.408 e. The van der Waals surface area contributed by atoms with E-state index in [4.69, 9.17) is 4.74 Å². The summed E-state index contributed by atoms with van der Waals surface area (Å²) in [6.45, 7) is 5.91. The van der Waals surface area contributed by atoms with Crippen LogP contribution in [-0.4, -0.2) is 48.4 Å². The molecule has 0 aliphatic heterocycles. The van der Waals surface area contributed by atoms with Crippen LogP contribution in [0.5, 0.6) is 0 Å². The summed E-state index contributed by atoms with van der Waals surface area (Å²) in [5, 5.41) is 7.87. The second-order valence-electron chi connectivity index (χ2n) is 8.97. The zero-order valence-electron chi connectivity index (χ0n) is 19.9. The number of ketones is 1. The van der Waals surface area contributed by atoms with Crippen LogP contribution in [0, 0.1) is 5.92 Å². The molecular weight excluding hydrogens is 422 g/mol. The molecular formula is C25H37N3O5. The molecule has 2 atom stereocenters. The Labute approximate surface area is 196 Å². The molecule has 2 rings (SSSR count). The largest absolute Gasteiger partial charge is 0.446 e. The van der Waals surface area contributed by atoms with Crippen molar-refractivity contribution in [2.75, 3.05) is 6.54 Å². The van der Waals surface area contributed by atoms with Gasteiger partial charge in [-0.1, -0.05) is 50.6 Å². The summed E-state index contributed by atoms with van der Waals surface area (Å²) in [6.07, 6.45) is 4.63. The first-order valence-corrected chi connectivity index (χ1v) is 11.9. The third-order valence-electron chi connectivity index (χ3n) is 5.62. The molecule has 0 heterocycles. The van der Waals surface area contributed by atoms with Crippen molar-refractivity contribution in [3.63, 3.8) is 0 Å². The van der Waals surface area contributed by atoms with Crippen LogP contribution in [-0.2, 0) is 25.5 Å². The average molecular weight is 460 g/mol. The third-order valence-corrected chi connectivity index (χ3v) is 5.62. The molecule has 1 aliphatic rings. The summed E-state index contributed by atoms with van der Waals surface area (Å²) in [4.78, 5) is 50.6. The number of hydrogen-bond donors (Lipinski definition) is 3. The second-order valence-corrected chi connectivity index (χ2v) is 8.97. The van der Waals surface area contributed by atoms with Gasteiger partial charge in [0.1, 0.15) is 18.2 Å². The van der Waals surface area contributed by atoms with Crippen molar-refractivity contribution in [2.45, 2.75) is 83.9 Å². The van der Waals surface area contributed by atoms with Gasteiger partial charge in [-0.05, 0) is 50.5 Å². The predicted octanol–water partition coefficient (Wildman–Crippen LogP) is 2.89. The monoisotopic (exact) mass is 459 g/mol. The van der Waals surface area contributed by atoms with Gasteiger partial charge in [-0.25, -0.2) is 4.79 Å². The number of benzene rings is 1. The Kier molecular flexibility index (Phi) is 10.9. The van der Waals surface area contributed by atoms with Gasteiger partial charge in [-0.3, -0.25) is 14.4 Å². The molecule has 0 saturated heterocycles. The quantitative estimate of drug-likeness (QED) is 0.440. The molecule has 1 saturated carbocycles. The van der Waals surface area contributed by atoms with E-state index >= 15 is 0 Å². The summed E-state index contributed by atoms with van der Waals surface area (Å²) in [5.74, 6) is -1.86. The summed E-state index contributed by atoms with van der Waals surface area (Å²) in [5.41, 5.74) is 0.811. The van der Waals surface area contributed by atoms with Gasteiger partial charge in [0.2, 0.25) is 11.7 Å². The summed E-state index contributed by atoms with van der Waals surface area (Å²) in [7, 11) is 0. The molecule has 8 nitrogen and oxygen atoms in total. The lowest BCUT2D eigenvalue weighted by Gasteiger charge is -2.26. The Balaban J connectivity index is 2.10. The number of amides is 3. The Morgan fingerprint density at radius 2 is 1.64 bits per heavy atom. The van der Waals surface area contributed by atoms with Crippen molar-refractivity contribution >= 4 is 23.7 Å². The normalized spacial score (nSPS) is 15.9. The molecule has 33 heavy (non-hydrogen) atoms. The maximum Gasteiger partial charge on any atom is 0.408 e. The molecule has 182 valence electrons. The van der Waals surface area contributed by atoms with Gasteiger partial charge in [-0.2, -0.15) is 0 Å². The van der Waals surface area contributed by atoms with E-state index in [0.29, 0.717) is 13.0 Å². The fourth-order valence-corrected chi connectivity index (χ4v) is 3.95. The molecule has 0 unspecified atom stereocenters. The highest BCUT2D eigenvalue weighted by atomic mass is 16.6.